The average Bonchev–Trinajstić information content (AvgIpc) is 2.67. The van der Waals surface area contributed by atoms with Crippen LogP contribution in [0.3, 0.4) is 0 Å². The first kappa shape index (κ1) is 17.4. The summed E-state index contributed by atoms with van der Waals surface area (Å²) in [6.45, 7) is 1.78. The lowest BCUT2D eigenvalue weighted by Gasteiger charge is -2.45. The highest BCUT2D eigenvalue weighted by atomic mass is 16.8. The van der Waals surface area contributed by atoms with Gasteiger partial charge in [-0.2, -0.15) is 0 Å². The number of hydrogen-bond acceptors (Lipinski definition) is 5. The smallest absolute Gasteiger partial charge is 0.541 e. The molecule has 0 radical (unpaired) electrons. The van der Waals surface area contributed by atoms with Gasteiger partial charge in [-0.25, -0.2) is 0 Å². The molecule has 0 saturated carbocycles. The minimum absolute atomic E-state index is 0.213. The van der Waals surface area contributed by atoms with Gasteiger partial charge in [0.1, 0.15) is 12.0 Å². The molecule has 0 saturated heterocycles. The molecular weight excluding hydrogens is 343 g/mol. The monoisotopic (exact) mass is 364 g/mol. The highest BCUT2D eigenvalue weighted by Gasteiger charge is 2.43. The van der Waals surface area contributed by atoms with Gasteiger partial charge < -0.3 is 19.1 Å². The van der Waals surface area contributed by atoms with Gasteiger partial charge in [0.25, 0.3) is 0 Å². The van der Waals surface area contributed by atoms with E-state index < -0.39 is 6.75 Å². The van der Waals surface area contributed by atoms with Crippen LogP contribution in [0.1, 0.15) is 11.1 Å². The summed E-state index contributed by atoms with van der Waals surface area (Å²) in [4.78, 5) is 4.65. The molecule has 7 heteroatoms. The maximum Gasteiger partial charge on any atom is 0.541 e. The molecule has 6 nitrogen and oxygen atoms in total. The fourth-order valence-electron chi connectivity index (χ4n) is 3.18. The van der Waals surface area contributed by atoms with Gasteiger partial charge in [0, 0.05) is 6.07 Å². The van der Waals surface area contributed by atoms with Crippen LogP contribution >= 0.6 is 0 Å². The van der Waals surface area contributed by atoms with Gasteiger partial charge in [-0.3, -0.25) is 10.3 Å². The Morgan fingerprint density at radius 1 is 1.07 bits per heavy atom. The molecule has 3 N–H and O–H groups in total. The Bertz CT molecular complexity index is 999. The molecule has 2 heterocycles. The number of hydrogen-bond donors (Lipinski definition) is 2. The highest BCUT2D eigenvalue weighted by Crippen LogP contribution is 2.38. The van der Waals surface area contributed by atoms with E-state index in [1.165, 1.54) is 0 Å². The van der Waals surface area contributed by atoms with E-state index in [1.807, 2.05) is 56.3 Å². The first-order valence-corrected chi connectivity index (χ1v) is 8.78. The molecule has 0 fully saturated rings. The Kier molecular flexibility index (Phi) is 4.26. The van der Waals surface area contributed by atoms with E-state index in [2.05, 4.69) is 4.99 Å². The molecule has 1 unspecified atom stereocenters. The quantitative estimate of drug-likeness (QED) is 0.499. The molecule has 2 aliphatic heterocycles. The van der Waals surface area contributed by atoms with E-state index in [-0.39, 0.29) is 5.75 Å². The molecule has 0 amide bonds. The predicted molar refractivity (Wildman–Crippen MR) is 104 cm³/mol. The van der Waals surface area contributed by atoms with Crippen molar-refractivity contribution < 1.29 is 24.4 Å². The van der Waals surface area contributed by atoms with Gasteiger partial charge in [-0.05, 0) is 62.0 Å². The largest absolute Gasteiger partial charge is 0.654 e. The normalized spacial score (nSPS) is 21.7. The van der Waals surface area contributed by atoms with E-state index in [4.69, 9.17) is 14.0 Å². The van der Waals surface area contributed by atoms with Crippen molar-refractivity contribution in [2.45, 2.75) is 13.8 Å². The first-order valence-electron chi connectivity index (χ1n) is 8.78. The standard InChI is InChI=1S/C20H20BN2O4/c1-13-4-7-18(24)16(10-13)22-12-15-6-9-20-21(25-3,26-15)27-19-8-5-14(2)11-17(19)23-20/h4-12,22,24H,1-3H3/q-1/p+1/b15-12+. The van der Waals surface area contributed by atoms with Crippen LogP contribution < -0.4 is 9.97 Å². The van der Waals surface area contributed by atoms with Crippen molar-refractivity contribution in [2.24, 2.45) is 4.99 Å². The van der Waals surface area contributed by atoms with E-state index in [9.17, 15) is 5.11 Å². The Balaban J connectivity index is 1.65. The topological polar surface area (TPSA) is 76.9 Å². The van der Waals surface area contributed by atoms with Crippen LogP contribution in [-0.2, 0) is 9.31 Å². The number of quaternary nitrogens is 1. The zero-order valence-electron chi connectivity index (χ0n) is 15.5. The second-order valence-corrected chi connectivity index (χ2v) is 6.75. The van der Waals surface area contributed by atoms with Crippen LogP contribution in [0.25, 0.3) is 0 Å². The number of aryl methyl sites for hydroxylation is 2. The van der Waals surface area contributed by atoms with Crippen molar-refractivity contribution in [3.63, 3.8) is 0 Å². The molecule has 0 spiro atoms. The summed E-state index contributed by atoms with van der Waals surface area (Å²) in [6, 6.07) is 11.2. The van der Waals surface area contributed by atoms with E-state index >= 15 is 0 Å². The maximum absolute atomic E-state index is 10.00. The van der Waals surface area contributed by atoms with Crippen molar-refractivity contribution >= 4 is 23.7 Å². The second kappa shape index (κ2) is 6.61. The molecule has 2 aromatic carbocycles. The van der Waals surface area contributed by atoms with Crippen LogP contribution in [-0.4, -0.2) is 24.6 Å². The van der Waals surface area contributed by atoms with Crippen molar-refractivity contribution in [3.8, 4) is 11.5 Å². The number of fused-ring (bicyclic) bond motifs is 2. The average molecular weight is 364 g/mol. The minimum Gasteiger partial charge on any atom is -0.654 e. The van der Waals surface area contributed by atoms with Gasteiger partial charge in [0.2, 0.25) is 0 Å². The molecule has 138 valence electrons. The lowest BCUT2D eigenvalue weighted by atomic mass is 9.68. The Labute approximate surface area is 157 Å². The van der Waals surface area contributed by atoms with Crippen molar-refractivity contribution in [3.05, 3.63) is 71.6 Å². The number of allylic oxidation sites excluding steroid dienone is 2. The van der Waals surface area contributed by atoms with Gasteiger partial charge in [0.05, 0.1) is 11.4 Å². The third kappa shape index (κ3) is 3.23. The second-order valence-electron chi connectivity index (χ2n) is 6.75. The Hall–Kier alpha value is -3.03. The summed E-state index contributed by atoms with van der Waals surface area (Å²) in [5, 5.41) is 11.8. The number of phenolic OH excluding ortho intramolecular Hbond substituents is 1. The van der Waals surface area contributed by atoms with Crippen LogP contribution in [0.5, 0.6) is 11.5 Å². The number of rotatable bonds is 3. The number of benzene rings is 2. The molecule has 0 aliphatic carbocycles. The number of phenols is 1. The molecule has 27 heavy (non-hydrogen) atoms. The van der Waals surface area contributed by atoms with Crippen molar-refractivity contribution in [1.29, 1.82) is 0 Å². The third-order valence-electron chi connectivity index (χ3n) is 4.64. The molecule has 0 aromatic heterocycles. The molecule has 2 aliphatic rings. The molecule has 1 atom stereocenters. The summed E-state index contributed by atoms with van der Waals surface area (Å²) in [6.07, 6.45) is 5.43. The summed E-state index contributed by atoms with van der Waals surface area (Å²) in [5.41, 5.74) is 4.24. The lowest BCUT2D eigenvalue weighted by Crippen LogP contribution is -2.71. The number of nitrogens with two attached hydrogens (primary N) is 1. The summed E-state index contributed by atoms with van der Waals surface area (Å²) in [5.74, 6) is 1.40. The summed E-state index contributed by atoms with van der Waals surface area (Å²) >= 11 is 0. The third-order valence-corrected chi connectivity index (χ3v) is 4.64. The Morgan fingerprint density at radius 2 is 1.85 bits per heavy atom. The SMILES string of the molecule is CO[B-]12O/C(=C/[NH2+]c3cc(C)ccc3O)C=CC1=Nc1cc(C)ccc1O2. The fraction of sp³-hybridized carbons (Fsp3) is 0.150. The minimum atomic E-state index is -2.20. The van der Waals surface area contributed by atoms with E-state index in [0.717, 1.165) is 16.8 Å². The van der Waals surface area contributed by atoms with Gasteiger partial charge in [0.15, 0.2) is 11.4 Å². The van der Waals surface area contributed by atoms with Crippen LogP contribution in [0.2, 0.25) is 0 Å². The molecule has 2 aromatic rings. The van der Waals surface area contributed by atoms with E-state index in [1.54, 1.807) is 24.7 Å². The van der Waals surface area contributed by atoms with Crippen molar-refractivity contribution in [1.82, 2.24) is 0 Å². The Morgan fingerprint density at radius 3 is 2.67 bits per heavy atom. The highest BCUT2D eigenvalue weighted by molar-refractivity contribution is 6.96. The van der Waals surface area contributed by atoms with Crippen molar-refractivity contribution in [2.75, 3.05) is 7.11 Å². The van der Waals surface area contributed by atoms with Crippen LogP contribution in [0.4, 0.5) is 11.4 Å². The maximum atomic E-state index is 10.00. The molecule has 4 rings (SSSR count). The first-order chi connectivity index (χ1) is 13.0. The zero-order valence-corrected chi connectivity index (χ0v) is 15.5. The predicted octanol–water partition coefficient (Wildman–Crippen LogP) is 2.92. The number of aromatic hydroxyl groups is 1. The van der Waals surface area contributed by atoms with E-state index in [0.29, 0.717) is 22.8 Å². The van der Waals surface area contributed by atoms with Gasteiger partial charge in [-0.15, -0.1) is 0 Å². The van der Waals surface area contributed by atoms with Gasteiger partial charge in [-0.1, -0.05) is 18.2 Å². The van der Waals surface area contributed by atoms with Gasteiger partial charge >= 0.3 is 6.75 Å². The zero-order chi connectivity index (χ0) is 19.0. The fourth-order valence-corrected chi connectivity index (χ4v) is 3.18. The lowest BCUT2D eigenvalue weighted by molar-refractivity contribution is -0.499. The van der Waals surface area contributed by atoms with Crippen LogP contribution in [0, 0.1) is 13.8 Å². The molecule has 0 bridgehead atoms. The summed E-state index contributed by atoms with van der Waals surface area (Å²) < 4.78 is 17.8. The molecular formula is C20H21BN2O4. The number of aliphatic imine (C=N–C) groups is 1. The number of nitrogens with zero attached hydrogens (tertiary/aromatic N) is 1. The van der Waals surface area contributed by atoms with Crippen LogP contribution in [0.15, 0.2) is 65.5 Å². The summed E-state index contributed by atoms with van der Waals surface area (Å²) in [7, 11) is 1.54.